The van der Waals surface area contributed by atoms with Crippen molar-refractivity contribution in [2.75, 3.05) is 26.2 Å². The minimum absolute atomic E-state index is 0.0782. The number of morpholine rings is 1. The van der Waals surface area contributed by atoms with Crippen molar-refractivity contribution in [3.05, 3.63) is 46.0 Å². The minimum atomic E-state index is -0.271. The number of ether oxygens (including phenoxy) is 1. The molecule has 0 unspecified atom stereocenters. The Kier molecular flexibility index (Phi) is 7.57. The van der Waals surface area contributed by atoms with Crippen molar-refractivity contribution >= 4 is 29.2 Å². The summed E-state index contributed by atoms with van der Waals surface area (Å²) in [7, 11) is 0. The molecule has 1 fully saturated rings. The van der Waals surface area contributed by atoms with Crippen LogP contribution in [0.25, 0.3) is 0 Å². The molecule has 0 bridgehead atoms. The summed E-state index contributed by atoms with van der Waals surface area (Å²) in [6.45, 7) is 9.73. The first-order valence-corrected chi connectivity index (χ1v) is 10.7. The molecule has 0 radical (unpaired) electrons. The molecule has 164 valence electrons. The lowest BCUT2D eigenvalue weighted by Crippen LogP contribution is -2.48. The van der Waals surface area contributed by atoms with Crippen molar-refractivity contribution in [2.24, 2.45) is 0 Å². The molecule has 0 saturated carbocycles. The Labute approximate surface area is 186 Å². The van der Waals surface area contributed by atoms with E-state index in [0.29, 0.717) is 29.0 Å². The minimum Gasteiger partial charge on any atom is -0.374 e. The molecule has 1 aliphatic rings. The summed E-state index contributed by atoms with van der Waals surface area (Å²) in [5.41, 5.74) is 0.952. The van der Waals surface area contributed by atoms with Gasteiger partial charge in [0.2, 0.25) is 0 Å². The summed E-state index contributed by atoms with van der Waals surface area (Å²) in [5.74, 6) is 0.571. The summed E-state index contributed by atoms with van der Waals surface area (Å²) in [6, 6.07) is 5.39. The predicted molar refractivity (Wildman–Crippen MR) is 117 cm³/mol. The summed E-state index contributed by atoms with van der Waals surface area (Å²) in [5, 5.41) is 11.1. The molecule has 2 amide bonds. The van der Waals surface area contributed by atoms with Crippen LogP contribution >= 0.6 is 23.2 Å². The van der Waals surface area contributed by atoms with Gasteiger partial charge in [0.1, 0.15) is 6.33 Å². The first-order chi connectivity index (χ1) is 14.2. The van der Waals surface area contributed by atoms with E-state index in [4.69, 9.17) is 27.9 Å². The molecule has 0 spiro atoms. The van der Waals surface area contributed by atoms with Crippen LogP contribution in [0.1, 0.15) is 32.2 Å². The SMILES string of the molecule is CC(C)(C)n1cnc(CNC(=O)NC[C@H]2CN(Cc3ccc(Cl)c(Cl)c3)CCO2)n1. The molecule has 8 nitrogen and oxygen atoms in total. The topological polar surface area (TPSA) is 84.3 Å². The van der Waals surface area contributed by atoms with E-state index >= 15 is 0 Å². The number of halogens is 2. The number of amides is 2. The molecule has 1 atom stereocenters. The molecule has 1 saturated heterocycles. The van der Waals surface area contributed by atoms with Gasteiger partial charge >= 0.3 is 6.03 Å². The molecule has 2 N–H and O–H groups in total. The second kappa shape index (κ2) is 9.96. The van der Waals surface area contributed by atoms with Gasteiger partial charge in [0.05, 0.1) is 34.8 Å². The van der Waals surface area contributed by atoms with Crippen LogP contribution in [0.3, 0.4) is 0 Å². The molecule has 0 aliphatic carbocycles. The highest BCUT2D eigenvalue weighted by Gasteiger charge is 2.21. The molecule has 30 heavy (non-hydrogen) atoms. The smallest absolute Gasteiger partial charge is 0.315 e. The summed E-state index contributed by atoms with van der Waals surface area (Å²) in [4.78, 5) is 18.6. The lowest BCUT2D eigenvalue weighted by atomic mass is 10.1. The summed E-state index contributed by atoms with van der Waals surface area (Å²) < 4.78 is 7.56. The van der Waals surface area contributed by atoms with Crippen LogP contribution in [0.5, 0.6) is 0 Å². The maximum Gasteiger partial charge on any atom is 0.315 e. The fourth-order valence-corrected chi connectivity index (χ4v) is 3.39. The van der Waals surface area contributed by atoms with Gasteiger partial charge in [0, 0.05) is 26.2 Å². The molecule has 1 aromatic heterocycles. The van der Waals surface area contributed by atoms with Gasteiger partial charge in [0.15, 0.2) is 5.82 Å². The zero-order chi connectivity index (χ0) is 21.7. The van der Waals surface area contributed by atoms with Crippen molar-refractivity contribution in [3.63, 3.8) is 0 Å². The number of carbonyl (C=O) groups is 1. The van der Waals surface area contributed by atoms with Crippen LogP contribution in [0.2, 0.25) is 10.0 Å². The van der Waals surface area contributed by atoms with Crippen molar-refractivity contribution in [1.29, 1.82) is 0 Å². The Bertz CT molecular complexity index is 867. The van der Waals surface area contributed by atoms with Gasteiger partial charge in [-0.25, -0.2) is 14.5 Å². The Morgan fingerprint density at radius 1 is 1.27 bits per heavy atom. The van der Waals surface area contributed by atoms with Crippen LogP contribution in [0.4, 0.5) is 4.79 Å². The Hall–Kier alpha value is -1.87. The van der Waals surface area contributed by atoms with Gasteiger partial charge in [-0.3, -0.25) is 4.90 Å². The van der Waals surface area contributed by atoms with E-state index in [1.54, 1.807) is 11.0 Å². The third-order valence-electron chi connectivity index (χ3n) is 4.74. The summed E-state index contributed by atoms with van der Waals surface area (Å²) in [6.07, 6.45) is 1.60. The van der Waals surface area contributed by atoms with Crippen molar-refractivity contribution < 1.29 is 9.53 Å². The van der Waals surface area contributed by atoms with Crippen LogP contribution in [-0.4, -0.2) is 58.0 Å². The fraction of sp³-hybridized carbons (Fsp3) is 0.550. The Morgan fingerprint density at radius 3 is 2.77 bits per heavy atom. The molecular formula is C20H28Cl2N6O2. The molecule has 10 heteroatoms. The molecule has 1 aromatic carbocycles. The zero-order valence-corrected chi connectivity index (χ0v) is 19.0. The molecule has 1 aliphatic heterocycles. The molecule has 3 rings (SSSR count). The monoisotopic (exact) mass is 454 g/mol. The second-order valence-electron chi connectivity index (χ2n) is 8.32. The van der Waals surface area contributed by atoms with Crippen LogP contribution in [0.15, 0.2) is 24.5 Å². The van der Waals surface area contributed by atoms with Crippen LogP contribution < -0.4 is 10.6 Å². The number of hydrogen-bond donors (Lipinski definition) is 2. The first-order valence-electron chi connectivity index (χ1n) is 9.91. The largest absolute Gasteiger partial charge is 0.374 e. The Morgan fingerprint density at radius 2 is 2.07 bits per heavy atom. The Balaban J connectivity index is 1.41. The number of nitrogens with zero attached hydrogens (tertiary/aromatic N) is 4. The van der Waals surface area contributed by atoms with Crippen molar-refractivity contribution in [3.8, 4) is 0 Å². The lowest BCUT2D eigenvalue weighted by molar-refractivity contribution is -0.0287. The average molecular weight is 455 g/mol. The van der Waals surface area contributed by atoms with E-state index < -0.39 is 0 Å². The second-order valence-corrected chi connectivity index (χ2v) is 9.13. The number of nitrogens with one attached hydrogen (secondary N) is 2. The van der Waals surface area contributed by atoms with Gasteiger partial charge in [0.25, 0.3) is 0 Å². The number of hydrogen-bond acceptors (Lipinski definition) is 5. The van der Waals surface area contributed by atoms with Crippen molar-refractivity contribution in [2.45, 2.75) is 45.5 Å². The highest BCUT2D eigenvalue weighted by Crippen LogP contribution is 2.23. The van der Waals surface area contributed by atoms with E-state index in [-0.39, 0.29) is 24.2 Å². The van der Waals surface area contributed by atoms with Gasteiger partial charge in [-0.05, 0) is 38.5 Å². The number of aromatic nitrogens is 3. The number of urea groups is 1. The van der Waals surface area contributed by atoms with Gasteiger partial charge < -0.3 is 15.4 Å². The zero-order valence-electron chi connectivity index (χ0n) is 17.5. The maximum atomic E-state index is 12.1. The number of carbonyl (C=O) groups excluding carboxylic acids is 1. The van der Waals surface area contributed by atoms with Crippen LogP contribution in [-0.2, 0) is 23.4 Å². The van der Waals surface area contributed by atoms with E-state index in [1.165, 1.54) is 0 Å². The quantitative estimate of drug-likeness (QED) is 0.700. The van der Waals surface area contributed by atoms with Crippen molar-refractivity contribution in [1.82, 2.24) is 30.3 Å². The van der Waals surface area contributed by atoms with E-state index in [9.17, 15) is 4.79 Å². The van der Waals surface area contributed by atoms with Crippen LogP contribution in [0, 0.1) is 0 Å². The lowest BCUT2D eigenvalue weighted by Gasteiger charge is -2.33. The van der Waals surface area contributed by atoms with E-state index in [2.05, 4.69) is 25.6 Å². The number of benzene rings is 1. The summed E-state index contributed by atoms with van der Waals surface area (Å²) >= 11 is 12.1. The normalized spacial score (nSPS) is 17.7. The third kappa shape index (κ3) is 6.57. The number of rotatable bonds is 6. The predicted octanol–water partition coefficient (Wildman–Crippen LogP) is 3.04. The molecule has 2 aromatic rings. The standard InChI is InChI=1S/C20H28Cl2N6O2/c1-20(2,3)28-13-25-18(26-28)10-24-19(29)23-9-15-12-27(6-7-30-15)11-14-4-5-16(21)17(22)8-14/h4-5,8,13,15H,6-7,9-12H2,1-3H3,(H2,23,24,29)/t15-/m0/s1. The fourth-order valence-electron chi connectivity index (χ4n) is 3.07. The van der Waals surface area contributed by atoms with Gasteiger partial charge in [-0.2, -0.15) is 5.10 Å². The van der Waals surface area contributed by atoms with E-state index in [1.807, 2.05) is 39.0 Å². The highest BCUT2D eigenvalue weighted by molar-refractivity contribution is 6.42. The maximum absolute atomic E-state index is 12.1. The highest BCUT2D eigenvalue weighted by atomic mass is 35.5. The first kappa shape index (κ1) is 22.8. The average Bonchev–Trinajstić information content (AvgIpc) is 3.18. The van der Waals surface area contributed by atoms with Gasteiger partial charge in [-0.15, -0.1) is 0 Å². The molecular weight excluding hydrogens is 427 g/mol. The molecule has 2 heterocycles. The van der Waals surface area contributed by atoms with E-state index in [0.717, 1.165) is 25.2 Å². The third-order valence-corrected chi connectivity index (χ3v) is 5.48. The van der Waals surface area contributed by atoms with Gasteiger partial charge in [-0.1, -0.05) is 29.3 Å².